The van der Waals surface area contributed by atoms with E-state index in [4.69, 9.17) is 4.98 Å². The molecule has 7 nitrogen and oxygen atoms in total. The van der Waals surface area contributed by atoms with Gasteiger partial charge in [0.1, 0.15) is 5.82 Å². The highest BCUT2D eigenvalue weighted by atomic mass is 19.1. The van der Waals surface area contributed by atoms with Crippen LogP contribution in [0.5, 0.6) is 0 Å². The van der Waals surface area contributed by atoms with Crippen LogP contribution in [0, 0.1) is 5.82 Å². The Morgan fingerprint density at radius 1 is 1.09 bits per heavy atom. The number of aliphatic carboxylic acids is 2. The number of rotatable bonds is 5. The number of halogens is 1. The standard InChI is InChI=1S/C20H19FN2O.C4H4O4/c21-15-8-3-1-6-13(15)12-22-20-14-7-2-4-9-16(14)23-17-10-5-11-18(24)19(17)20;5-3(6)1-2-4(7)8/h1-4,6-9,18,24H,5,10-12H2,(H,22,23);1-2H,(H,5,6)(H,7,8)/p-2/b;2-1-. The molecule has 1 aromatic heterocycles. The summed E-state index contributed by atoms with van der Waals surface area (Å²) in [6.07, 6.45) is 2.79. The van der Waals surface area contributed by atoms with Crippen LogP contribution in [0.15, 0.2) is 60.7 Å². The van der Waals surface area contributed by atoms with Crippen molar-refractivity contribution in [2.24, 2.45) is 0 Å². The van der Waals surface area contributed by atoms with Crippen molar-refractivity contribution < 1.29 is 29.3 Å². The Labute approximate surface area is 183 Å². The number of pyridine rings is 1. The number of fused-ring (bicyclic) bond motifs is 2. The van der Waals surface area contributed by atoms with Gasteiger partial charge in [-0.1, -0.05) is 36.4 Å². The van der Waals surface area contributed by atoms with Gasteiger partial charge in [-0.15, -0.1) is 0 Å². The summed E-state index contributed by atoms with van der Waals surface area (Å²) in [6.45, 7) is 0.375. The topological polar surface area (TPSA) is 125 Å². The van der Waals surface area contributed by atoms with Gasteiger partial charge in [0.2, 0.25) is 0 Å². The van der Waals surface area contributed by atoms with Gasteiger partial charge < -0.3 is 30.2 Å². The first-order valence-corrected chi connectivity index (χ1v) is 10.0. The number of nitrogens with one attached hydrogen (secondary N) is 1. The second-order valence-electron chi connectivity index (χ2n) is 7.19. The fourth-order valence-electron chi connectivity index (χ4n) is 3.59. The van der Waals surface area contributed by atoms with E-state index in [1.54, 1.807) is 12.1 Å². The van der Waals surface area contributed by atoms with Crippen LogP contribution in [0.3, 0.4) is 0 Å². The molecule has 0 spiro atoms. The molecule has 1 heterocycles. The maximum atomic E-state index is 13.9. The second-order valence-corrected chi connectivity index (χ2v) is 7.19. The molecule has 8 heteroatoms. The number of anilines is 1. The summed E-state index contributed by atoms with van der Waals surface area (Å²) >= 11 is 0. The molecule has 1 atom stereocenters. The highest BCUT2D eigenvalue weighted by Gasteiger charge is 2.24. The summed E-state index contributed by atoms with van der Waals surface area (Å²) in [6, 6.07) is 14.6. The molecule has 0 saturated carbocycles. The minimum atomic E-state index is -1.55. The van der Waals surface area contributed by atoms with E-state index in [2.05, 4.69) is 5.32 Å². The molecule has 1 aliphatic carbocycles. The molecule has 4 rings (SSSR count). The third-order valence-corrected chi connectivity index (χ3v) is 5.00. The number of carboxylic acids is 2. The van der Waals surface area contributed by atoms with Crippen molar-refractivity contribution in [2.45, 2.75) is 31.9 Å². The number of carbonyl (C=O) groups excluding carboxylic acids is 2. The van der Waals surface area contributed by atoms with Crippen molar-refractivity contribution in [3.8, 4) is 0 Å². The number of hydrogen-bond donors (Lipinski definition) is 2. The van der Waals surface area contributed by atoms with E-state index in [1.807, 2.05) is 30.3 Å². The summed E-state index contributed by atoms with van der Waals surface area (Å²) in [5, 5.41) is 33.7. The summed E-state index contributed by atoms with van der Waals surface area (Å²) < 4.78 is 13.9. The van der Waals surface area contributed by atoms with E-state index in [-0.39, 0.29) is 5.82 Å². The van der Waals surface area contributed by atoms with E-state index in [0.717, 1.165) is 47.1 Å². The van der Waals surface area contributed by atoms with E-state index < -0.39 is 18.0 Å². The van der Waals surface area contributed by atoms with Crippen LogP contribution in [0.25, 0.3) is 10.9 Å². The van der Waals surface area contributed by atoms with Crippen molar-refractivity contribution in [1.29, 1.82) is 0 Å². The zero-order valence-corrected chi connectivity index (χ0v) is 17.1. The zero-order valence-electron chi connectivity index (χ0n) is 17.1. The third kappa shape index (κ3) is 5.67. The first kappa shape index (κ1) is 22.9. The monoisotopic (exact) mass is 436 g/mol. The number of aliphatic hydroxyl groups is 1. The van der Waals surface area contributed by atoms with Gasteiger partial charge in [-0.25, -0.2) is 4.39 Å². The van der Waals surface area contributed by atoms with Gasteiger partial charge >= 0.3 is 0 Å². The van der Waals surface area contributed by atoms with Crippen molar-refractivity contribution in [2.75, 3.05) is 5.32 Å². The minimum Gasteiger partial charge on any atom is -0.545 e. The van der Waals surface area contributed by atoms with Crippen LogP contribution in [-0.4, -0.2) is 22.0 Å². The van der Waals surface area contributed by atoms with Crippen LogP contribution in [0.1, 0.15) is 35.8 Å². The Bertz CT molecular complexity index is 1150. The molecule has 32 heavy (non-hydrogen) atoms. The highest BCUT2D eigenvalue weighted by molar-refractivity contribution is 5.93. The molecule has 166 valence electrons. The third-order valence-electron chi connectivity index (χ3n) is 5.00. The first-order valence-electron chi connectivity index (χ1n) is 10.0. The van der Waals surface area contributed by atoms with Gasteiger partial charge in [0.05, 0.1) is 29.2 Å². The lowest BCUT2D eigenvalue weighted by Gasteiger charge is -2.25. The smallest absolute Gasteiger partial charge is 0.128 e. The van der Waals surface area contributed by atoms with Gasteiger partial charge in [0, 0.05) is 28.8 Å². The number of aromatic nitrogens is 1. The Balaban J connectivity index is 0.000000312. The number of hydrogen-bond acceptors (Lipinski definition) is 7. The van der Waals surface area contributed by atoms with Gasteiger partial charge in [-0.3, -0.25) is 4.98 Å². The first-order chi connectivity index (χ1) is 15.4. The largest absolute Gasteiger partial charge is 0.545 e. The molecule has 0 bridgehead atoms. The van der Waals surface area contributed by atoms with Gasteiger partial charge in [-0.2, -0.15) is 0 Å². The SMILES string of the molecule is O=C([O-])/C=C\C(=O)[O-].OC1CCCc2nc3ccccc3c(NCc3ccccc3F)c21. The average Bonchev–Trinajstić information content (AvgIpc) is 2.77. The lowest BCUT2D eigenvalue weighted by Crippen LogP contribution is -2.23. The van der Waals surface area contributed by atoms with Crippen LogP contribution in [0.2, 0.25) is 0 Å². The van der Waals surface area contributed by atoms with Crippen molar-refractivity contribution in [3.05, 3.63) is 83.3 Å². The summed E-state index contributed by atoms with van der Waals surface area (Å²) in [7, 11) is 0. The number of aryl methyl sites for hydroxylation is 1. The molecule has 1 aliphatic rings. The van der Waals surface area contributed by atoms with E-state index >= 15 is 0 Å². The number of para-hydroxylation sites is 1. The number of aliphatic hydroxyl groups excluding tert-OH is 1. The number of benzene rings is 2. The lowest BCUT2D eigenvalue weighted by molar-refractivity contribution is -0.301. The number of carboxylic acid groups (broad SMARTS) is 2. The predicted octanol–water partition coefficient (Wildman–Crippen LogP) is 1.40. The molecular formula is C24H21FN2O5-2. The van der Waals surface area contributed by atoms with Crippen molar-refractivity contribution >= 4 is 28.5 Å². The molecule has 3 aromatic rings. The predicted molar refractivity (Wildman–Crippen MR) is 113 cm³/mol. The zero-order chi connectivity index (χ0) is 23.1. The minimum absolute atomic E-state index is 0.224. The van der Waals surface area contributed by atoms with Crippen molar-refractivity contribution in [1.82, 2.24) is 4.98 Å². The molecule has 1 unspecified atom stereocenters. The summed E-state index contributed by atoms with van der Waals surface area (Å²) in [4.78, 5) is 23.6. The lowest BCUT2D eigenvalue weighted by atomic mass is 9.90. The fraction of sp³-hybridized carbons (Fsp3) is 0.208. The van der Waals surface area contributed by atoms with E-state index in [9.17, 15) is 29.3 Å². The quantitative estimate of drug-likeness (QED) is 0.579. The Kier molecular flexibility index (Phi) is 7.51. The van der Waals surface area contributed by atoms with Crippen molar-refractivity contribution in [3.63, 3.8) is 0 Å². The maximum absolute atomic E-state index is 13.9. The summed E-state index contributed by atoms with van der Waals surface area (Å²) in [5.41, 5.74) is 4.21. The molecule has 0 amide bonds. The molecule has 2 N–H and O–H groups in total. The maximum Gasteiger partial charge on any atom is 0.128 e. The molecular weight excluding hydrogens is 415 g/mol. The molecule has 0 fully saturated rings. The Morgan fingerprint density at radius 2 is 1.75 bits per heavy atom. The van der Waals surface area contributed by atoms with E-state index in [1.165, 1.54) is 6.07 Å². The van der Waals surface area contributed by atoms with E-state index in [0.29, 0.717) is 24.3 Å². The fourth-order valence-corrected chi connectivity index (χ4v) is 3.59. The number of carbonyl (C=O) groups is 2. The van der Waals surface area contributed by atoms with Crippen LogP contribution >= 0.6 is 0 Å². The molecule has 0 aliphatic heterocycles. The number of nitrogens with zero attached hydrogens (tertiary/aromatic N) is 1. The average molecular weight is 436 g/mol. The second kappa shape index (κ2) is 10.5. The molecule has 0 radical (unpaired) electrons. The van der Waals surface area contributed by atoms with Crippen LogP contribution in [-0.2, 0) is 22.6 Å². The Hall–Kier alpha value is -3.78. The highest BCUT2D eigenvalue weighted by Crippen LogP contribution is 2.38. The summed E-state index contributed by atoms with van der Waals surface area (Å²) in [5.74, 6) is -3.32. The molecule has 2 aromatic carbocycles. The van der Waals surface area contributed by atoms with Gasteiger partial charge in [0.25, 0.3) is 0 Å². The normalized spacial score (nSPS) is 15.0. The van der Waals surface area contributed by atoms with Gasteiger partial charge in [-0.05, 0) is 43.5 Å². The van der Waals surface area contributed by atoms with Gasteiger partial charge in [0.15, 0.2) is 0 Å². The molecule has 0 saturated heterocycles. The van der Waals surface area contributed by atoms with Crippen LogP contribution < -0.4 is 15.5 Å². The van der Waals surface area contributed by atoms with Crippen LogP contribution in [0.4, 0.5) is 10.1 Å². The Morgan fingerprint density at radius 3 is 2.44 bits per heavy atom.